The van der Waals surface area contributed by atoms with Gasteiger partial charge in [-0.15, -0.1) is 0 Å². The number of hydrogen-bond donors (Lipinski definition) is 2. The normalized spacial score (nSPS) is 23.4. The number of carbonyl (C=O) groups excluding carboxylic acids is 1. The number of pyridine rings is 1. The zero-order chi connectivity index (χ0) is 13.8. The largest absolute Gasteiger partial charge is 0.338 e. The van der Waals surface area contributed by atoms with E-state index in [0.29, 0.717) is 17.5 Å². The number of amides is 1. The lowest BCUT2D eigenvalue weighted by atomic mass is 9.90. The number of H-pyrrole nitrogens is 1. The molecule has 0 aromatic carbocycles. The molecule has 0 radical (unpaired) electrons. The van der Waals surface area contributed by atoms with Crippen molar-refractivity contribution in [3.05, 3.63) is 34.2 Å². The summed E-state index contributed by atoms with van der Waals surface area (Å²) in [5.41, 5.74) is 0.370. The Balaban J connectivity index is 2.08. The van der Waals surface area contributed by atoms with E-state index in [1.165, 1.54) is 12.3 Å². The van der Waals surface area contributed by atoms with E-state index in [0.717, 1.165) is 25.9 Å². The zero-order valence-electron chi connectivity index (χ0n) is 11.5. The molecule has 2 atom stereocenters. The molecule has 1 fully saturated rings. The van der Waals surface area contributed by atoms with Gasteiger partial charge in [-0.05, 0) is 25.5 Å². The first-order valence-electron chi connectivity index (χ1n) is 6.81. The molecular weight excluding hydrogens is 242 g/mol. The highest BCUT2D eigenvalue weighted by Crippen LogP contribution is 2.21. The monoisotopic (exact) mass is 263 g/mol. The van der Waals surface area contributed by atoms with Gasteiger partial charge in [0.25, 0.3) is 5.91 Å². The Kier molecular flexibility index (Phi) is 4.37. The third kappa shape index (κ3) is 3.04. The number of hydrogen-bond acceptors (Lipinski definition) is 3. The molecule has 5 nitrogen and oxygen atoms in total. The third-order valence-electron chi connectivity index (χ3n) is 3.95. The summed E-state index contributed by atoms with van der Waals surface area (Å²) in [6, 6.07) is 3.47. The molecule has 2 N–H and O–H groups in total. The summed E-state index contributed by atoms with van der Waals surface area (Å²) in [6.07, 6.45) is 3.53. The second-order valence-corrected chi connectivity index (χ2v) is 5.04. The smallest absolute Gasteiger partial charge is 0.255 e. The minimum atomic E-state index is -0.183. The number of carbonyl (C=O) groups is 1. The van der Waals surface area contributed by atoms with Gasteiger partial charge in [-0.1, -0.05) is 13.3 Å². The topological polar surface area (TPSA) is 65.2 Å². The minimum absolute atomic E-state index is 0.00394. The summed E-state index contributed by atoms with van der Waals surface area (Å²) in [6.45, 7) is 3.70. The van der Waals surface area contributed by atoms with Crippen LogP contribution < -0.4 is 10.9 Å². The van der Waals surface area contributed by atoms with E-state index in [1.807, 2.05) is 11.9 Å². The third-order valence-corrected chi connectivity index (χ3v) is 3.95. The van der Waals surface area contributed by atoms with Gasteiger partial charge in [0.15, 0.2) is 0 Å². The summed E-state index contributed by atoms with van der Waals surface area (Å²) >= 11 is 0. The lowest BCUT2D eigenvalue weighted by molar-refractivity contribution is 0.0631. The van der Waals surface area contributed by atoms with Crippen LogP contribution in [-0.4, -0.2) is 42.0 Å². The van der Waals surface area contributed by atoms with Crippen molar-refractivity contribution in [2.24, 2.45) is 5.92 Å². The molecule has 5 heteroatoms. The molecule has 1 aromatic heterocycles. The maximum atomic E-state index is 12.4. The molecule has 1 aliphatic heterocycles. The van der Waals surface area contributed by atoms with Gasteiger partial charge < -0.3 is 15.2 Å². The van der Waals surface area contributed by atoms with Gasteiger partial charge in [-0.2, -0.15) is 0 Å². The summed E-state index contributed by atoms with van der Waals surface area (Å²) in [4.78, 5) is 27.8. The number of rotatable bonds is 3. The van der Waals surface area contributed by atoms with Crippen LogP contribution in [0.4, 0.5) is 0 Å². The molecule has 1 amide bonds. The Bertz CT molecular complexity index is 477. The lowest BCUT2D eigenvalue weighted by Gasteiger charge is -2.38. The molecule has 2 heterocycles. The molecule has 1 aliphatic rings. The van der Waals surface area contributed by atoms with E-state index >= 15 is 0 Å². The summed E-state index contributed by atoms with van der Waals surface area (Å²) in [5.74, 6) is 0.495. The van der Waals surface area contributed by atoms with Crippen molar-refractivity contribution in [3.8, 4) is 0 Å². The molecular formula is C14H21N3O2. The van der Waals surface area contributed by atoms with Crippen LogP contribution in [0.15, 0.2) is 23.1 Å². The molecule has 0 saturated carbocycles. The van der Waals surface area contributed by atoms with Gasteiger partial charge in [0.2, 0.25) is 5.56 Å². The molecule has 0 spiro atoms. The van der Waals surface area contributed by atoms with Gasteiger partial charge in [-0.3, -0.25) is 9.59 Å². The van der Waals surface area contributed by atoms with Crippen molar-refractivity contribution in [1.29, 1.82) is 0 Å². The summed E-state index contributed by atoms with van der Waals surface area (Å²) in [5, 5.41) is 3.33. The maximum absolute atomic E-state index is 12.4. The fraction of sp³-hybridized carbons (Fsp3) is 0.571. The number of aromatic amines is 1. The SMILES string of the molecule is CCC1CN(C(=O)c2ccc(=O)[nH]c2)CCC1NC. The van der Waals surface area contributed by atoms with E-state index in [-0.39, 0.29) is 11.5 Å². The minimum Gasteiger partial charge on any atom is -0.338 e. The Morgan fingerprint density at radius 3 is 2.89 bits per heavy atom. The van der Waals surface area contributed by atoms with Crippen LogP contribution in [0.2, 0.25) is 0 Å². The van der Waals surface area contributed by atoms with Gasteiger partial charge in [0.05, 0.1) is 5.56 Å². The van der Waals surface area contributed by atoms with E-state index in [2.05, 4.69) is 17.2 Å². The van der Waals surface area contributed by atoms with Crippen LogP contribution in [0.1, 0.15) is 30.1 Å². The van der Waals surface area contributed by atoms with E-state index in [9.17, 15) is 9.59 Å². The number of nitrogens with one attached hydrogen (secondary N) is 2. The van der Waals surface area contributed by atoms with E-state index in [1.54, 1.807) is 6.07 Å². The molecule has 1 saturated heterocycles. The van der Waals surface area contributed by atoms with Crippen molar-refractivity contribution in [3.63, 3.8) is 0 Å². The summed E-state index contributed by atoms with van der Waals surface area (Å²) < 4.78 is 0. The van der Waals surface area contributed by atoms with Gasteiger partial charge in [0, 0.05) is 31.4 Å². The fourth-order valence-electron chi connectivity index (χ4n) is 2.74. The highest BCUT2D eigenvalue weighted by molar-refractivity contribution is 5.93. The van der Waals surface area contributed by atoms with Crippen molar-refractivity contribution in [2.45, 2.75) is 25.8 Å². The molecule has 104 valence electrons. The highest BCUT2D eigenvalue weighted by Gasteiger charge is 2.29. The van der Waals surface area contributed by atoms with Crippen molar-refractivity contribution >= 4 is 5.91 Å². The Morgan fingerprint density at radius 1 is 1.53 bits per heavy atom. The average molecular weight is 263 g/mol. The fourth-order valence-corrected chi connectivity index (χ4v) is 2.74. The number of nitrogens with zero attached hydrogens (tertiary/aromatic N) is 1. The van der Waals surface area contributed by atoms with Crippen molar-refractivity contribution < 1.29 is 4.79 Å². The maximum Gasteiger partial charge on any atom is 0.255 e. The standard InChI is InChI=1S/C14H21N3O2/c1-3-10-9-17(7-6-12(10)15-2)14(19)11-4-5-13(18)16-8-11/h4-5,8,10,12,15H,3,6-7,9H2,1-2H3,(H,16,18). The van der Waals surface area contributed by atoms with Crippen molar-refractivity contribution in [1.82, 2.24) is 15.2 Å². The second-order valence-electron chi connectivity index (χ2n) is 5.04. The van der Waals surface area contributed by atoms with Crippen molar-refractivity contribution in [2.75, 3.05) is 20.1 Å². The second kappa shape index (κ2) is 6.02. The molecule has 0 bridgehead atoms. The van der Waals surface area contributed by atoms with Gasteiger partial charge in [-0.25, -0.2) is 0 Å². The predicted molar refractivity (Wildman–Crippen MR) is 74.2 cm³/mol. The van der Waals surface area contributed by atoms with Crippen LogP contribution in [0.25, 0.3) is 0 Å². The Hall–Kier alpha value is -1.62. The zero-order valence-corrected chi connectivity index (χ0v) is 11.5. The molecule has 2 rings (SSSR count). The first kappa shape index (κ1) is 13.8. The lowest BCUT2D eigenvalue weighted by Crippen LogP contribution is -2.50. The quantitative estimate of drug-likeness (QED) is 0.849. The van der Waals surface area contributed by atoms with Crippen LogP contribution in [0.5, 0.6) is 0 Å². The van der Waals surface area contributed by atoms with Crippen LogP contribution >= 0.6 is 0 Å². The average Bonchev–Trinajstić information content (AvgIpc) is 2.46. The van der Waals surface area contributed by atoms with Gasteiger partial charge in [0.1, 0.15) is 0 Å². The number of aromatic nitrogens is 1. The molecule has 19 heavy (non-hydrogen) atoms. The first-order valence-corrected chi connectivity index (χ1v) is 6.81. The van der Waals surface area contributed by atoms with E-state index < -0.39 is 0 Å². The first-order chi connectivity index (χ1) is 9.15. The van der Waals surface area contributed by atoms with E-state index in [4.69, 9.17) is 0 Å². The Labute approximate surface area is 113 Å². The number of piperidine rings is 1. The van der Waals surface area contributed by atoms with Gasteiger partial charge >= 0.3 is 0 Å². The van der Waals surface area contributed by atoms with Crippen LogP contribution in [-0.2, 0) is 0 Å². The molecule has 2 unspecified atom stereocenters. The van der Waals surface area contributed by atoms with Crippen LogP contribution in [0.3, 0.4) is 0 Å². The molecule has 0 aliphatic carbocycles. The molecule has 1 aromatic rings. The Morgan fingerprint density at radius 2 is 2.32 bits per heavy atom. The van der Waals surface area contributed by atoms with Crippen LogP contribution in [0, 0.1) is 5.92 Å². The number of likely N-dealkylation sites (tertiary alicyclic amines) is 1. The summed E-state index contributed by atoms with van der Waals surface area (Å²) in [7, 11) is 1.98. The predicted octanol–water partition coefficient (Wildman–Crippen LogP) is 0.835. The highest BCUT2D eigenvalue weighted by atomic mass is 16.2.